The van der Waals surface area contributed by atoms with Gasteiger partial charge in [-0.2, -0.15) is 0 Å². The number of nitrogens with one attached hydrogen (secondary N) is 3. The Balaban J connectivity index is 0.00000338. The van der Waals surface area contributed by atoms with Crippen LogP contribution in [0.15, 0.2) is 41.5 Å². The average molecular weight is 471 g/mol. The standard InChI is InChI=1S/C19H29N5O.HI/c1-3-4-12-25-13-8-11-21-19(20-2)23-15-18-22-14-17(24-18)16-9-6-5-7-10-16;/h5-7,9-10,14H,3-4,8,11-13,15H2,1-2H3,(H,22,24)(H2,20,21,23);1H. The van der Waals surface area contributed by atoms with E-state index in [4.69, 9.17) is 4.74 Å². The maximum atomic E-state index is 5.55. The Morgan fingerprint density at radius 3 is 2.65 bits per heavy atom. The number of H-pyrrole nitrogens is 1. The zero-order chi connectivity index (χ0) is 17.7. The van der Waals surface area contributed by atoms with Gasteiger partial charge in [-0.3, -0.25) is 4.99 Å². The molecule has 7 heteroatoms. The number of hydrogen-bond acceptors (Lipinski definition) is 3. The quantitative estimate of drug-likeness (QED) is 0.215. The van der Waals surface area contributed by atoms with E-state index in [1.165, 1.54) is 6.42 Å². The Bertz CT molecular complexity index is 630. The zero-order valence-corrected chi connectivity index (χ0v) is 18.0. The van der Waals surface area contributed by atoms with Crippen LogP contribution in [0.25, 0.3) is 11.3 Å². The van der Waals surface area contributed by atoms with Crippen molar-refractivity contribution in [3.05, 3.63) is 42.4 Å². The molecule has 1 aromatic heterocycles. The number of benzene rings is 1. The normalized spacial score (nSPS) is 11.1. The van der Waals surface area contributed by atoms with Gasteiger partial charge in [-0.25, -0.2) is 4.98 Å². The lowest BCUT2D eigenvalue weighted by Gasteiger charge is -2.11. The SMILES string of the molecule is CCCCOCCCNC(=NC)NCc1ncc(-c2ccccc2)[nH]1.I. The molecule has 1 heterocycles. The van der Waals surface area contributed by atoms with E-state index in [2.05, 4.69) is 44.7 Å². The fourth-order valence-electron chi connectivity index (χ4n) is 2.33. The van der Waals surface area contributed by atoms with Crippen molar-refractivity contribution in [1.29, 1.82) is 0 Å². The van der Waals surface area contributed by atoms with Gasteiger partial charge in [-0.1, -0.05) is 43.7 Å². The number of guanidine groups is 1. The van der Waals surface area contributed by atoms with Crippen LogP contribution in [0.5, 0.6) is 0 Å². The van der Waals surface area contributed by atoms with Gasteiger partial charge in [0.1, 0.15) is 5.82 Å². The van der Waals surface area contributed by atoms with Gasteiger partial charge in [0.25, 0.3) is 0 Å². The number of ether oxygens (including phenoxy) is 1. The summed E-state index contributed by atoms with van der Waals surface area (Å²) in [7, 11) is 1.77. The first kappa shape index (κ1) is 22.4. The predicted molar refractivity (Wildman–Crippen MR) is 118 cm³/mol. The third kappa shape index (κ3) is 8.18. The molecule has 144 valence electrons. The maximum Gasteiger partial charge on any atom is 0.191 e. The first-order chi connectivity index (χ1) is 12.3. The first-order valence-corrected chi connectivity index (χ1v) is 8.95. The summed E-state index contributed by atoms with van der Waals surface area (Å²) in [6.07, 6.45) is 5.12. The minimum Gasteiger partial charge on any atom is -0.381 e. The smallest absolute Gasteiger partial charge is 0.191 e. The molecule has 0 fully saturated rings. The van der Waals surface area contributed by atoms with Crippen molar-refractivity contribution < 1.29 is 4.74 Å². The molecule has 0 radical (unpaired) electrons. The van der Waals surface area contributed by atoms with Crippen LogP contribution >= 0.6 is 24.0 Å². The molecule has 0 saturated heterocycles. The molecule has 1 aromatic carbocycles. The van der Waals surface area contributed by atoms with E-state index in [1.54, 1.807) is 7.05 Å². The Kier molecular flexibility index (Phi) is 11.7. The zero-order valence-electron chi connectivity index (χ0n) is 15.6. The summed E-state index contributed by atoms with van der Waals surface area (Å²) in [5.74, 6) is 1.65. The van der Waals surface area contributed by atoms with E-state index in [9.17, 15) is 0 Å². The maximum absolute atomic E-state index is 5.55. The Hall–Kier alpha value is -1.61. The van der Waals surface area contributed by atoms with Crippen LogP contribution in [0.2, 0.25) is 0 Å². The van der Waals surface area contributed by atoms with Gasteiger partial charge in [0, 0.05) is 26.8 Å². The van der Waals surface area contributed by atoms with E-state index in [-0.39, 0.29) is 24.0 Å². The molecule has 0 amide bonds. The molecule has 2 aromatic rings. The third-order valence-corrected chi connectivity index (χ3v) is 3.76. The van der Waals surface area contributed by atoms with E-state index < -0.39 is 0 Å². The number of unbranched alkanes of at least 4 members (excludes halogenated alkanes) is 1. The van der Waals surface area contributed by atoms with E-state index in [0.29, 0.717) is 6.54 Å². The van der Waals surface area contributed by atoms with E-state index >= 15 is 0 Å². The van der Waals surface area contributed by atoms with Gasteiger partial charge in [-0.15, -0.1) is 24.0 Å². The van der Waals surface area contributed by atoms with Gasteiger partial charge >= 0.3 is 0 Å². The molecule has 6 nitrogen and oxygen atoms in total. The summed E-state index contributed by atoms with van der Waals surface area (Å²) in [5.41, 5.74) is 2.15. The van der Waals surface area contributed by atoms with Crippen molar-refractivity contribution in [2.45, 2.75) is 32.7 Å². The second-order valence-electron chi connectivity index (χ2n) is 5.78. The van der Waals surface area contributed by atoms with Gasteiger partial charge in [0.15, 0.2) is 5.96 Å². The highest BCUT2D eigenvalue weighted by atomic mass is 127. The molecule has 0 unspecified atom stereocenters. The molecule has 0 aliphatic rings. The van der Waals surface area contributed by atoms with Crippen LogP contribution in [0.3, 0.4) is 0 Å². The number of aliphatic imine (C=N–C) groups is 1. The molecule has 0 aliphatic carbocycles. The molecule has 0 aliphatic heterocycles. The summed E-state index contributed by atoms with van der Waals surface area (Å²) in [6, 6.07) is 10.2. The van der Waals surface area contributed by atoms with Crippen molar-refractivity contribution in [3.63, 3.8) is 0 Å². The second-order valence-corrected chi connectivity index (χ2v) is 5.78. The number of imidazole rings is 1. The largest absolute Gasteiger partial charge is 0.381 e. The summed E-state index contributed by atoms with van der Waals surface area (Å²) in [4.78, 5) is 12.0. The Morgan fingerprint density at radius 1 is 1.15 bits per heavy atom. The lowest BCUT2D eigenvalue weighted by atomic mass is 10.2. The average Bonchev–Trinajstić information content (AvgIpc) is 3.13. The lowest BCUT2D eigenvalue weighted by Crippen LogP contribution is -2.37. The minimum atomic E-state index is 0. The number of nitrogens with zero attached hydrogens (tertiary/aromatic N) is 2. The highest BCUT2D eigenvalue weighted by Gasteiger charge is 2.04. The van der Waals surface area contributed by atoms with Crippen molar-refractivity contribution in [1.82, 2.24) is 20.6 Å². The van der Waals surface area contributed by atoms with Crippen LogP contribution < -0.4 is 10.6 Å². The number of hydrogen-bond donors (Lipinski definition) is 3. The summed E-state index contributed by atoms with van der Waals surface area (Å²) in [5, 5.41) is 6.55. The van der Waals surface area contributed by atoms with Crippen LogP contribution in [0.1, 0.15) is 32.0 Å². The summed E-state index contributed by atoms with van der Waals surface area (Å²) >= 11 is 0. The Morgan fingerprint density at radius 2 is 1.92 bits per heavy atom. The van der Waals surface area contributed by atoms with Crippen LogP contribution in [0, 0.1) is 0 Å². The van der Waals surface area contributed by atoms with Crippen LogP contribution in [-0.2, 0) is 11.3 Å². The second kappa shape index (κ2) is 13.6. The summed E-state index contributed by atoms with van der Waals surface area (Å²) < 4.78 is 5.55. The lowest BCUT2D eigenvalue weighted by molar-refractivity contribution is 0.129. The van der Waals surface area contributed by atoms with E-state index in [1.807, 2.05) is 24.4 Å². The third-order valence-electron chi connectivity index (χ3n) is 3.76. The predicted octanol–water partition coefficient (Wildman–Crippen LogP) is 3.57. The number of rotatable bonds is 10. The minimum absolute atomic E-state index is 0. The van der Waals surface area contributed by atoms with Crippen molar-refractivity contribution in [3.8, 4) is 11.3 Å². The van der Waals surface area contributed by atoms with Crippen molar-refractivity contribution in [2.24, 2.45) is 4.99 Å². The topological polar surface area (TPSA) is 74.3 Å². The Labute approximate surface area is 173 Å². The number of aromatic nitrogens is 2. The fraction of sp³-hybridized carbons (Fsp3) is 0.474. The molecular weight excluding hydrogens is 441 g/mol. The molecule has 0 saturated carbocycles. The van der Waals surface area contributed by atoms with Gasteiger partial charge < -0.3 is 20.4 Å². The van der Waals surface area contributed by atoms with Crippen molar-refractivity contribution >= 4 is 29.9 Å². The highest BCUT2D eigenvalue weighted by Crippen LogP contribution is 2.15. The molecule has 0 atom stereocenters. The molecule has 26 heavy (non-hydrogen) atoms. The molecule has 0 spiro atoms. The summed E-state index contributed by atoms with van der Waals surface area (Å²) in [6.45, 7) is 5.23. The molecule has 3 N–H and O–H groups in total. The molecule has 0 bridgehead atoms. The van der Waals surface area contributed by atoms with Gasteiger partial charge in [0.2, 0.25) is 0 Å². The van der Waals surface area contributed by atoms with Crippen molar-refractivity contribution in [2.75, 3.05) is 26.8 Å². The van der Waals surface area contributed by atoms with E-state index in [0.717, 1.165) is 55.6 Å². The van der Waals surface area contributed by atoms with Crippen LogP contribution in [0.4, 0.5) is 0 Å². The monoisotopic (exact) mass is 471 g/mol. The number of aromatic amines is 1. The fourth-order valence-corrected chi connectivity index (χ4v) is 2.33. The molecule has 2 rings (SSSR count). The van der Waals surface area contributed by atoms with Crippen LogP contribution in [-0.4, -0.2) is 42.7 Å². The molecular formula is C19H30IN5O. The van der Waals surface area contributed by atoms with Gasteiger partial charge in [-0.05, 0) is 18.4 Å². The van der Waals surface area contributed by atoms with Gasteiger partial charge in [0.05, 0.1) is 18.4 Å². The highest BCUT2D eigenvalue weighted by molar-refractivity contribution is 14.0. The number of halogens is 1. The first-order valence-electron chi connectivity index (χ1n) is 8.95.